The minimum absolute atomic E-state index is 0.0856. The van der Waals surface area contributed by atoms with Crippen molar-refractivity contribution < 1.29 is 4.79 Å². The molecule has 2 aromatic heterocycles. The van der Waals surface area contributed by atoms with Crippen molar-refractivity contribution in [3.05, 3.63) is 59.2 Å². The molecular weight excluding hydrogens is 408 g/mol. The van der Waals surface area contributed by atoms with Crippen LogP contribution in [0.4, 0.5) is 0 Å². The van der Waals surface area contributed by atoms with Crippen LogP contribution in [0, 0.1) is 5.92 Å². The molecule has 31 heavy (non-hydrogen) atoms. The Labute approximate surface area is 188 Å². The van der Waals surface area contributed by atoms with Crippen molar-refractivity contribution in [2.24, 2.45) is 5.92 Å². The lowest BCUT2D eigenvalue weighted by molar-refractivity contribution is 0.0903. The lowest BCUT2D eigenvalue weighted by Gasteiger charge is -2.26. The first-order valence-electron chi connectivity index (χ1n) is 10.7. The quantitative estimate of drug-likeness (QED) is 0.538. The highest BCUT2D eigenvalue weighted by atomic mass is 35.5. The third kappa shape index (κ3) is 4.67. The third-order valence-electron chi connectivity index (χ3n) is 5.80. The van der Waals surface area contributed by atoms with Crippen LogP contribution in [0.2, 0.25) is 5.02 Å². The number of halogens is 1. The molecule has 0 radical (unpaired) electrons. The molecule has 0 unspecified atom stereocenters. The number of hydrogen-bond donors (Lipinski definition) is 1. The first-order valence-corrected chi connectivity index (χ1v) is 11.1. The van der Waals surface area contributed by atoms with Crippen LogP contribution in [0.5, 0.6) is 0 Å². The van der Waals surface area contributed by atoms with Crippen LogP contribution in [-0.2, 0) is 5.54 Å². The molecule has 1 N–H and O–H groups in total. The van der Waals surface area contributed by atoms with Crippen molar-refractivity contribution in [1.29, 1.82) is 0 Å². The van der Waals surface area contributed by atoms with E-state index in [2.05, 4.69) is 45.0 Å². The predicted molar refractivity (Wildman–Crippen MR) is 125 cm³/mol. The van der Waals surface area contributed by atoms with E-state index in [1.165, 1.54) is 0 Å². The summed E-state index contributed by atoms with van der Waals surface area (Å²) in [5.74, 6) is 0.452. The number of carbonyl (C=O) groups is 1. The molecule has 0 atom stereocenters. The maximum absolute atomic E-state index is 13.3. The number of nitrogens with one attached hydrogen (secondary N) is 1. The minimum atomic E-state index is -0.228. The fourth-order valence-corrected chi connectivity index (χ4v) is 3.99. The molecule has 0 saturated heterocycles. The third-order valence-corrected chi connectivity index (χ3v) is 6.05. The van der Waals surface area contributed by atoms with Crippen molar-refractivity contribution >= 4 is 17.5 Å². The van der Waals surface area contributed by atoms with Crippen LogP contribution < -0.4 is 5.32 Å². The fraction of sp³-hybridized carbons (Fsp3) is 0.400. The average Bonchev–Trinajstić information content (AvgIpc) is 3.44. The number of carbonyl (C=O) groups excluding carboxylic acids is 1. The molecule has 1 saturated carbocycles. The molecule has 4 rings (SSSR count). The summed E-state index contributed by atoms with van der Waals surface area (Å²) in [5, 5.41) is 8.39. The number of rotatable bonds is 5. The van der Waals surface area contributed by atoms with E-state index in [4.69, 9.17) is 16.6 Å². The molecule has 1 amide bonds. The van der Waals surface area contributed by atoms with Gasteiger partial charge in [0, 0.05) is 27.9 Å². The van der Waals surface area contributed by atoms with Gasteiger partial charge in [-0.05, 0) is 83.7 Å². The second-order valence-corrected chi connectivity index (χ2v) is 10.3. The number of nitrogens with zero attached hydrogens (tertiary/aromatic N) is 3. The van der Waals surface area contributed by atoms with Crippen LogP contribution >= 0.6 is 11.6 Å². The van der Waals surface area contributed by atoms with Gasteiger partial charge in [0.25, 0.3) is 5.91 Å². The number of aromatic nitrogens is 3. The van der Waals surface area contributed by atoms with E-state index in [1.807, 2.05) is 47.1 Å². The molecule has 162 valence electrons. The van der Waals surface area contributed by atoms with Crippen molar-refractivity contribution in [1.82, 2.24) is 20.1 Å². The van der Waals surface area contributed by atoms with Gasteiger partial charge in [-0.2, -0.15) is 5.10 Å². The molecule has 1 aliphatic rings. The maximum Gasteiger partial charge on any atom is 0.251 e. The van der Waals surface area contributed by atoms with E-state index < -0.39 is 0 Å². The Morgan fingerprint density at radius 2 is 1.68 bits per heavy atom. The predicted octanol–water partition coefficient (Wildman–Crippen LogP) is 5.94. The van der Waals surface area contributed by atoms with Crippen LogP contribution in [0.1, 0.15) is 57.8 Å². The minimum Gasteiger partial charge on any atom is -0.347 e. The Balaban J connectivity index is 1.80. The molecular formula is C25H29ClN4O. The SMILES string of the molecule is CC(C)(NC(=O)c1cc(-c2ccc(Cl)cc2)nc(-c2ccnn2C(C)(C)C)c1)C1CC1. The van der Waals surface area contributed by atoms with Gasteiger partial charge >= 0.3 is 0 Å². The van der Waals surface area contributed by atoms with Crippen LogP contribution in [0.15, 0.2) is 48.7 Å². The zero-order valence-electron chi connectivity index (χ0n) is 18.7. The van der Waals surface area contributed by atoms with Gasteiger partial charge in [-0.15, -0.1) is 0 Å². The fourth-order valence-electron chi connectivity index (χ4n) is 3.87. The van der Waals surface area contributed by atoms with Crippen LogP contribution in [-0.4, -0.2) is 26.2 Å². The summed E-state index contributed by atoms with van der Waals surface area (Å²) >= 11 is 6.08. The zero-order chi connectivity index (χ0) is 22.4. The topological polar surface area (TPSA) is 59.8 Å². The molecule has 6 heteroatoms. The van der Waals surface area contributed by atoms with Gasteiger partial charge in [0.15, 0.2) is 0 Å². The molecule has 1 aromatic carbocycles. The van der Waals surface area contributed by atoms with Gasteiger partial charge in [-0.1, -0.05) is 23.7 Å². The van der Waals surface area contributed by atoms with Gasteiger partial charge < -0.3 is 5.32 Å². The standard InChI is InChI=1S/C25H29ClN4O/c1-24(2,3)30-22(12-13-27-30)21-15-17(23(31)29-25(4,5)18-8-9-18)14-20(28-21)16-6-10-19(26)11-7-16/h6-7,10-15,18H,8-9H2,1-5H3,(H,29,31). The highest BCUT2D eigenvalue weighted by molar-refractivity contribution is 6.30. The summed E-state index contributed by atoms with van der Waals surface area (Å²) < 4.78 is 1.94. The molecule has 0 aliphatic heterocycles. The molecule has 3 aromatic rings. The lowest BCUT2D eigenvalue weighted by atomic mass is 9.97. The maximum atomic E-state index is 13.3. The molecule has 0 bridgehead atoms. The second kappa shape index (κ2) is 7.79. The van der Waals surface area contributed by atoms with E-state index in [1.54, 1.807) is 6.20 Å². The first-order chi connectivity index (χ1) is 14.5. The second-order valence-electron chi connectivity index (χ2n) is 9.88. The number of hydrogen-bond acceptors (Lipinski definition) is 3. The summed E-state index contributed by atoms with van der Waals surface area (Å²) in [4.78, 5) is 18.1. The Morgan fingerprint density at radius 1 is 1.03 bits per heavy atom. The van der Waals surface area contributed by atoms with Crippen LogP contribution in [0.25, 0.3) is 22.6 Å². The molecule has 5 nitrogen and oxygen atoms in total. The van der Waals surface area contributed by atoms with Gasteiger partial charge in [-0.25, -0.2) is 4.98 Å². The molecule has 1 fully saturated rings. The normalized spacial score (nSPS) is 14.5. The van der Waals surface area contributed by atoms with Gasteiger partial charge in [0.05, 0.1) is 22.6 Å². The Hall–Kier alpha value is -2.66. The van der Waals surface area contributed by atoms with Gasteiger partial charge in [0.2, 0.25) is 0 Å². The smallest absolute Gasteiger partial charge is 0.251 e. The van der Waals surface area contributed by atoms with E-state index in [0.29, 0.717) is 22.2 Å². The van der Waals surface area contributed by atoms with Gasteiger partial charge in [-0.3, -0.25) is 9.48 Å². The Kier molecular flexibility index (Phi) is 5.42. The average molecular weight is 437 g/mol. The van der Waals surface area contributed by atoms with E-state index in [0.717, 1.165) is 29.8 Å². The summed E-state index contributed by atoms with van der Waals surface area (Å²) in [7, 11) is 0. The summed E-state index contributed by atoms with van der Waals surface area (Å²) in [6, 6.07) is 13.2. The summed E-state index contributed by atoms with van der Waals surface area (Å²) in [6.07, 6.45) is 4.10. The van der Waals surface area contributed by atoms with Crippen molar-refractivity contribution in [2.75, 3.05) is 0 Å². The zero-order valence-corrected chi connectivity index (χ0v) is 19.5. The highest BCUT2D eigenvalue weighted by Gasteiger charge is 2.39. The largest absolute Gasteiger partial charge is 0.347 e. The lowest BCUT2D eigenvalue weighted by Crippen LogP contribution is -2.45. The van der Waals surface area contributed by atoms with Crippen molar-refractivity contribution in [3.8, 4) is 22.6 Å². The molecule has 1 aliphatic carbocycles. The van der Waals surface area contributed by atoms with Crippen molar-refractivity contribution in [3.63, 3.8) is 0 Å². The van der Waals surface area contributed by atoms with E-state index in [-0.39, 0.29) is 17.0 Å². The van der Waals surface area contributed by atoms with Gasteiger partial charge in [0.1, 0.15) is 0 Å². The Morgan fingerprint density at radius 3 is 2.29 bits per heavy atom. The number of pyridine rings is 1. The monoisotopic (exact) mass is 436 g/mol. The highest BCUT2D eigenvalue weighted by Crippen LogP contribution is 2.39. The molecule has 0 spiro atoms. The van der Waals surface area contributed by atoms with E-state index in [9.17, 15) is 4.79 Å². The first kappa shape index (κ1) is 21.6. The van der Waals surface area contributed by atoms with Crippen LogP contribution in [0.3, 0.4) is 0 Å². The van der Waals surface area contributed by atoms with Crippen molar-refractivity contribution in [2.45, 2.75) is 58.5 Å². The van der Waals surface area contributed by atoms with E-state index >= 15 is 0 Å². The molecule has 2 heterocycles. The number of benzene rings is 1. The number of amides is 1. The summed E-state index contributed by atoms with van der Waals surface area (Å²) in [6.45, 7) is 10.5. The Bertz CT molecular complexity index is 1110. The summed E-state index contributed by atoms with van der Waals surface area (Å²) in [5.41, 5.74) is 3.37.